The Kier molecular flexibility index (Phi) is 7.85. The van der Waals surface area contributed by atoms with Crippen molar-refractivity contribution in [2.24, 2.45) is 11.8 Å². The maximum Gasteiger partial charge on any atom is 0.353 e. The quantitative estimate of drug-likeness (QED) is 0.249. The smallest absolute Gasteiger partial charge is 0.353 e. The highest BCUT2D eigenvalue weighted by Crippen LogP contribution is 2.51. The Labute approximate surface area is 218 Å². The van der Waals surface area contributed by atoms with Crippen LogP contribution in [0.25, 0.3) is 0 Å². The molecule has 3 amide bonds. The fourth-order valence-corrected chi connectivity index (χ4v) is 6.80. The van der Waals surface area contributed by atoms with Crippen LogP contribution < -0.4 is 16.0 Å². The SMILES string of the molecule is CNCc1nnnn1CC(=O)N[C@H](C)[C@H]1C(=O)N2C(C(=O)O)=C(S[C@@H]3CN[C@H](C(=O)N(C)C)C3)[C@H](C)[C@H]12. The van der Waals surface area contributed by atoms with Crippen LogP contribution in [0.1, 0.15) is 26.1 Å². The van der Waals surface area contributed by atoms with Gasteiger partial charge in [0.15, 0.2) is 5.82 Å². The molecule has 0 bridgehead atoms. The molecule has 1 aromatic rings. The first-order valence-corrected chi connectivity index (χ1v) is 13.0. The average Bonchev–Trinajstić information content (AvgIpc) is 3.52. The number of nitrogens with one attached hydrogen (secondary N) is 3. The van der Waals surface area contributed by atoms with Gasteiger partial charge in [0.2, 0.25) is 17.7 Å². The number of hydrogen-bond acceptors (Lipinski definition) is 10. The molecule has 1 aromatic heterocycles. The van der Waals surface area contributed by atoms with Crippen molar-refractivity contribution in [1.82, 2.24) is 46.0 Å². The van der Waals surface area contributed by atoms with E-state index in [9.17, 15) is 24.3 Å². The number of rotatable bonds is 10. The van der Waals surface area contributed by atoms with E-state index in [4.69, 9.17) is 0 Å². The van der Waals surface area contributed by atoms with E-state index in [1.807, 2.05) is 6.92 Å². The summed E-state index contributed by atoms with van der Waals surface area (Å²) in [7, 11) is 5.15. The first-order chi connectivity index (χ1) is 17.5. The number of thioether (sulfide) groups is 1. The highest BCUT2D eigenvalue weighted by Gasteiger charge is 2.60. The van der Waals surface area contributed by atoms with Gasteiger partial charge in [0.25, 0.3) is 0 Å². The van der Waals surface area contributed by atoms with Crippen LogP contribution in [0.4, 0.5) is 0 Å². The molecule has 0 aliphatic carbocycles. The Morgan fingerprint density at radius 1 is 1.32 bits per heavy atom. The molecular formula is C22H33N9O5S. The molecule has 202 valence electrons. The number of carboxylic acid groups (broad SMARTS) is 1. The first-order valence-electron chi connectivity index (χ1n) is 12.2. The van der Waals surface area contributed by atoms with Crippen LogP contribution in [0.15, 0.2) is 10.6 Å². The molecule has 6 atom stereocenters. The van der Waals surface area contributed by atoms with Gasteiger partial charge in [0.05, 0.1) is 24.5 Å². The molecule has 2 saturated heterocycles. The third kappa shape index (κ3) is 5.07. The molecule has 4 heterocycles. The number of carbonyl (C=O) groups is 4. The van der Waals surface area contributed by atoms with E-state index in [0.717, 1.165) is 0 Å². The second-order valence-electron chi connectivity index (χ2n) is 9.84. The van der Waals surface area contributed by atoms with Crippen LogP contribution in [0.5, 0.6) is 0 Å². The van der Waals surface area contributed by atoms with Crippen molar-refractivity contribution < 1.29 is 24.3 Å². The van der Waals surface area contributed by atoms with Crippen LogP contribution in [0.3, 0.4) is 0 Å². The summed E-state index contributed by atoms with van der Waals surface area (Å²) in [6, 6.07) is -1.19. The summed E-state index contributed by atoms with van der Waals surface area (Å²) in [5.74, 6) is -2.09. The van der Waals surface area contributed by atoms with E-state index in [0.29, 0.717) is 30.2 Å². The summed E-state index contributed by atoms with van der Waals surface area (Å²) in [5, 5.41) is 30.3. The maximum absolute atomic E-state index is 13.1. The van der Waals surface area contributed by atoms with Crippen molar-refractivity contribution in [3.05, 3.63) is 16.4 Å². The lowest BCUT2D eigenvalue weighted by molar-refractivity contribution is -0.158. The lowest BCUT2D eigenvalue weighted by atomic mass is 9.78. The largest absolute Gasteiger partial charge is 0.477 e. The number of aliphatic carboxylic acids is 1. The Morgan fingerprint density at radius 3 is 2.70 bits per heavy atom. The number of likely N-dealkylation sites (N-methyl/N-ethyl adjacent to an activating group) is 1. The molecule has 0 unspecified atom stereocenters. The van der Waals surface area contributed by atoms with E-state index < -0.39 is 17.9 Å². The lowest BCUT2D eigenvalue weighted by Gasteiger charge is -2.47. The minimum Gasteiger partial charge on any atom is -0.477 e. The molecule has 15 heteroatoms. The van der Waals surface area contributed by atoms with Gasteiger partial charge in [-0.2, -0.15) is 0 Å². The van der Waals surface area contributed by atoms with E-state index in [1.165, 1.54) is 26.2 Å². The van der Waals surface area contributed by atoms with Crippen LogP contribution in [0, 0.1) is 11.8 Å². The third-order valence-electron chi connectivity index (χ3n) is 7.08. The van der Waals surface area contributed by atoms with Crippen LogP contribution >= 0.6 is 11.8 Å². The fourth-order valence-electron chi connectivity index (χ4n) is 5.33. The predicted molar refractivity (Wildman–Crippen MR) is 133 cm³/mol. The number of amides is 3. The molecule has 0 radical (unpaired) electrons. The Balaban J connectivity index is 1.42. The molecule has 4 N–H and O–H groups in total. The number of β-lactam (4-membered cyclic amide) rings is 1. The Bertz CT molecular complexity index is 1120. The summed E-state index contributed by atoms with van der Waals surface area (Å²) < 4.78 is 1.38. The summed E-state index contributed by atoms with van der Waals surface area (Å²) in [6.45, 7) is 4.54. The van der Waals surface area contributed by atoms with Crippen molar-refractivity contribution in [3.63, 3.8) is 0 Å². The maximum atomic E-state index is 13.1. The number of tetrazole rings is 1. The molecule has 0 saturated carbocycles. The third-order valence-corrected chi connectivity index (χ3v) is 8.59. The highest BCUT2D eigenvalue weighted by atomic mass is 32.2. The van der Waals surface area contributed by atoms with Crippen molar-refractivity contribution in [3.8, 4) is 0 Å². The number of nitrogens with zero attached hydrogens (tertiary/aromatic N) is 6. The van der Waals surface area contributed by atoms with Gasteiger partial charge in [-0.15, -0.1) is 16.9 Å². The second-order valence-corrected chi connectivity index (χ2v) is 11.2. The van der Waals surface area contributed by atoms with Crippen LogP contribution in [0.2, 0.25) is 0 Å². The normalized spacial score (nSPS) is 27.6. The molecule has 3 aliphatic rings. The van der Waals surface area contributed by atoms with E-state index >= 15 is 0 Å². The molecule has 14 nitrogen and oxygen atoms in total. The molecule has 2 fully saturated rings. The van der Waals surface area contributed by atoms with E-state index in [2.05, 4.69) is 31.5 Å². The van der Waals surface area contributed by atoms with E-state index in [1.54, 1.807) is 28.1 Å². The molecule has 37 heavy (non-hydrogen) atoms. The van der Waals surface area contributed by atoms with Gasteiger partial charge in [0.1, 0.15) is 12.2 Å². The zero-order valence-electron chi connectivity index (χ0n) is 21.5. The fraction of sp³-hybridized carbons (Fsp3) is 0.682. The topological polar surface area (TPSA) is 175 Å². The number of hydrogen-bond donors (Lipinski definition) is 4. The molecule has 0 aromatic carbocycles. The van der Waals surface area contributed by atoms with Gasteiger partial charge in [0, 0.05) is 42.8 Å². The zero-order valence-corrected chi connectivity index (χ0v) is 22.3. The molecule has 3 aliphatic heterocycles. The summed E-state index contributed by atoms with van der Waals surface area (Å²) >= 11 is 1.43. The van der Waals surface area contributed by atoms with Crippen molar-refractivity contribution in [2.45, 2.75) is 56.7 Å². The molecule has 0 spiro atoms. The lowest BCUT2D eigenvalue weighted by Crippen LogP contribution is -2.66. The number of carbonyl (C=O) groups excluding carboxylic acids is 3. The van der Waals surface area contributed by atoms with E-state index in [-0.39, 0.29) is 53.2 Å². The molecule has 4 rings (SSSR count). The van der Waals surface area contributed by atoms with Crippen molar-refractivity contribution >= 4 is 35.5 Å². The van der Waals surface area contributed by atoms with Gasteiger partial charge in [-0.1, -0.05) is 6.92 Å². The monoisotopic (exact) mass is 535 g/mol. The average molecular weight is 536 g/mol. The van der Waals surface area contributed by atoms with Gasteiger partial charge < -0.3 is 30.9 Å². The highest BCUT2D eigenvalue weighted by molar-refractivity contribution is 8.03. The van der Waals surface area contributed by atoms with Gasteiger partial charge >= 0.3 is 5.97 Å². The Morgan fingerprint density at radius 2 is 2.05 bits per heavy atom. The van der Waals surface area contributed by atoms with Crippen molar-refractivity contribution in [1.29, 1.82) is 0 Å². The number of aromatic nitrogens is 4. The number of fused-ring (bicyclic) bond motifs is 1. The minimum absolute atomic E-state index is 0.00757. The minimum atomic E-state index is -1.15. The summed E-state index contributed by atoms with van der Waals surface area (Å²) in [4.78, 5) is 53.9. The number of carboxylic acids is 1. The predicted octanol–water partition coefficient (Wildman–Crippen LogP) is -1.78. The second kappa shape index (κ2) is 10.8. The summed E-state index contributed by atoms with van der Waals surface area (Å²) in [5.41, 5.74) is 0.00931. The standard InChI is InChI=1S/C22H33N9O5S/c1-10-17-16(11(2)25-15(32)9-30-14(8-23-3)26-27-28-30)21(34)31(17)18(22(35)36)19(10)37-12-6-13(24-7-12)20(33)29(4)5/h10-13,16-17,23-24H,6-9H2,1-5H3,(H,25,32)(H,35,36)/t10-,11-,12+,13+,16-,17-/m1/s1. The van der Waals surface area contributed by atoms with Gasteiger partial charge in [-0.25, -0.2) is 9.48 Å². The molecular weight excluding hydrogens is 502 g/mol. The Hall–Kier alpha value is -3.04. The van der Waals surface area contributed by atoms with Crippen LogP contribution in [-0.4, -0.2) is 110 Å². The van der Waals surface area contributed by atoms with Crippen LogP contribution in [-0.2, 0) is 32.3 Å². The van der Waals surface area contributed by atoms with Gasteiger partial charge in [-0.3, -0.25) is 14.4 Å². The van der Waals surface area contributed by atoms with Crippen molar-refractivity contribution in [2.75, 3.05) is 27.7 Å². The zero-order chi connectivity index (χ0) is 27.0. The summed E-state index contributed by atoms with van der Waals surface area (Å²) in [6.07, 6.45) is 0.575. The van der Waals surface area contributed by atoms with Gasteiger partial charge in [-0.05, 0) is 30.8 Å². The first kappa shape index (κ1) is 27.0.